The van der Waals surface area contributed by atoms with Gasteiger partial charge in [-0.15, -0.1) is 0 Å². The average Bonchev–Trinajstić information content (AvgIpc) is 2.34. The fraction of sp³-hybridized carbons (Fsp3) is 0. The number of nitrogens with two attached hydrogens (primary N) is 2. The van der Waals surface area contributed by atoms with Crippen LogP contribution in [0.1, 0.15) is 10.4 Å². The van der Waals surface area contributed by atoms with Gasteiger partial charge in [0, 0.05) is 10.0 Å². The van der Waals surface area contributed by atoms with Gasteiger partial charge in [0.15, 0.2) is 5.75 Å². The molecule has 2 rings (SSSR count). The van der Waals surface area contributed by atoms with Crippen molar-refractivity contribution >= 4 is 39.1 Å². The Balaban J connectivity index is 2.37. The van der Waals surface area contributed by atoms with Gasteiger partial charge in [0.05, 0.1) is 10.7 Å². The molecule has 0 aliphatic heterocycles. The minimum Gasteiger partial charge on any atom is -0.454 e. The summed E-state index contributed by atoms with van der Waals surface area (Å²) < 4.78 is 6.44. The van der Waals surface area contributed by atoms with Gasteiger partial charge in [-0.2, -0.15) is 0 Å². The molecule has 19 heavy (non-hydrogen) atoms. The van der Waals surface area contributed by atoms with E-state index < -0.39 is 5.91 Å². The number of primary amides is 1. The maximum absolute atomic E-state index is 11.1. The summed E-state index contributed by atoms with van der Waals surface area (Å²) in [5, 5.41) is 0.429. The zero-order valence-electron chi connectivity index (χ0n) is 9.69. The Hall–Kier alpha value is -1.72. The minimum atomic E-state index is -0.549. The highest BCUT2D eigenvalue weighted by atomic mass is 79.9. The van der Waals surface area contributed by atoms with Gasteiger partial charge in [0.25, 0.3) is 0 Å². The SMILES string of the molecule is NC(=O)c1ccc(N)c(Oc2ccc(Br)cc2Cl)c1. The third-order valence-corrected chi connectivity index (χ3v) is 3.20. The number of carbonyl (C=O) groups excluding carboxylic acids is 1. The van der Waals surface area contributed by atoms with Crippen LogP contribution < -0.4 is 16.2 Å². The van der Waals surface area contributed by atoms with Crippen LogP contribution in [0.3, 0.4) is 0 Å². The molecule has 0 aromatic heterocycles. The molecule has 4 N–H and O–H groups in total. The van der Waals surface area contributed by atoms with Crippen molar-refractivity contribution in [3.63, 3.8) is 0 Å². The van der Waals surface area contributed by atoms with Crippen LogP contribution in [0.15, 0.2) is 40.9 Å². The lowest BCUT2D eigenvalue weighted by atomic mass is 10.2. The first-order chi connectivity index (χ1) is 8.97. The Morgan fingerprint density at radius 3 is 2.53 bits per heavy atom. The van der Waals surface area contributed by atoms with E-state index in [4.69, 9.17) is 27.8 Å². The molecular formula is C13H10BrClN2O2. The highest BCUT2D eigenvalue weighted by molar-refractivity contribution is 9.10. The van der Waals surface area contributed by atoms with E-state index in [9.17, 15) is 4.79 Å². The lowest BCUT2D eigenvalue weighted by molar-refractivity contribution is 0.1000. The molecule has 0 unspecified atom stereocenters. The second-order valence-electron chi connectivity index (χ2n) is 3.79. The van der Waals surface area contributed by atoms with E-state index in [1.807, 2.05) is 0 Å². The summed E-state index contributed by atoms with van der Waals surface area (Å²) in [5.41, 5.74) is 11.7. The van der Waals surface area contributed by atoms with Gasteiger partial charge in [-0.3, -0.25) is 4.79 Å². The molecule has 0 spiro atoms. The summed E-state index contributed by atoms with van der Waals surface area (Å²) in [6.45, 7) is 0. The second kappa shape index (κ2) is 5.50. The molecule has 0 bridgehead atoms. The van der Waals surface area contributed by atoms with Crippen molar-refractivity contribution in [3.05, 3.63) is 51.5 Å². The number of carbonyl (C=O) groups is 1. The van der Waals surface area contributed by atoms with Crippen LogP contribution >= 0.6 is 27.5 Å². The minimum absolute atomic E-state index is 0.317. The van der Waals surface area contributed by atoms with Gasteiger partial charge < -0.3 is 16.2 Å². The number of benzene rings is 2. The molecule has 98 valence electrons. The lowest BCUT2D eigenvalue weighted by Crippen LogP contribution is -2.11. The Morgan fingerprint density at radius 1 is 1.16 bits per heavy atom. The molecular weight excluding hydrogens is 332 g/mol. The zero-order chi connectivity index (χ0) is 14.0. The lowest BCUT2D eigenvalue weighted by Gasteiger charge is -2.11. The van der Waals surface area contributed by atoms with E-state index in [0.717, 1.165) is 4.47 Å². The van der Waals surface area contributed by atoms with Crippen molar-refractivity contribution in [2.75, 3.05) is 5.73 Å². The third kappa shape index (κ3) is 3.19. The van der Waals surface area contributed by atoms with E-state index in [-0.39, 0.29) is 0 Å². The first-order valence-corrected chi connectivity index (χ1v) is 6.46. The number of rotatable bonds is 3. The van der Waals surface area contributed by atoms with Gasteiger partial charge >= 0.3 is 0 Å². The van der Waals surface area contributed by atoms with E-state index in [2.05, 4.69) is 15.9 Å². The molecule has 6 heteroatoms. The second-order valence-corrected chi connectivity index (χ2v) is 5.12. The average molecular weight is 342 g/mol. The molecule has 0 atom stereocenters. The van der Waals surface area contributed by atoms with Gasteiger partial charge in [0.2, 0.25) is 5.91 Å². The molecule has 0 radical (unpaired) electrons. The molecule has 0 aliphatic rings. The van der Waals surface area contributed by atoms with E-state index in [0.29, 0.717) is 27.8 Å². The molecule has 0 saturated carbocycles. The van der Waals surface area contributed by atoms with E-state index >= 15 is 0 Å². The van der Waals surface area contributed by atoms with Crippen LogP contribution in [0, 0.1) is 0 Å². The van der Waals surface area contributed by atoms with Crippen molar-refractivity contribution in [2.45, 2.75) is 0 Å². The first kappa shape index (κ1) is 13.7. The molecule has 0 aliphatic carbocycles. The third-order valence-electron chi connectivity index (χ3n) is 2.41. The highest BCUT2D eigenvalue weighted by Crippen LogP contribution is 2.34. The molecule has 2 aromatic rings. The first-order valence-electron chi connectivity index (χ1n) is 5.29. The van der Waals surface area contributed by atoms with Crippen LogP contribution in [0.25, 0.3) is 0 Å². The van der Waals surface area contributed by atoms with Gasteiger partial charge in [-0.25, -0.2) is 0 Å². The molecule has 1 amide bonds. The van der Waals surface area contributed by atoms with Crippen molar-refractivity contribution in [3.8, 4) is 11.5 Å². The number of ether oxygens (including phenoxy) is 1. The van der Waals surface area contributed by atoms with Crippen molar-refractivity contribution in [2.24, 2.45) is 5.73 Å². The number of hydrogen-bond donors (Lipinski definition) is 2. The quantitative estimate of drug-likeness (QED) is 0.838. The number of anilines is 1. The topological polar surface area (TPSA) is 78.3 Å². The standard InChI is InChI=1S/C13H10BrClN2O2/c14-8-2-4-11(9(15)6-8)19-12-5-7(13(17)18)1-3-10(12)16/h1-6H,16H2,(H2,17,18). The summed E-state index contributed by atoms with van der Waals surface area (Å²) in [6.07, 6.45) is 0. The maximum atomic E-state index is 11.1. The largest absolute Gasteiger partial charge is 0.454 e. The molecule has 0 heterocycles. The molecule has 4 nitrogen and oxygen atoms in total. The molecule has 0 saturated heterocycles. The number of hydrogen-bond acceptors (Lipinski definition) is 3. The molecule has 0 fully saturated rings. The smallest absolute Gasteiger partial charge is 0.248 e. The Morgan fingerprint density at radius 2 is 1.89 bits per heavy atom. The van der Waals surface area contributed by atoms with Gasteiger partial charge in [-0.1, -0.05) is 27.5 Å². The van der Waals surface area contributed by atoms with Crippen LogP contribution in [0.5, 0.6) is 11.5 Å². The zero-order valence-corrected chi connectivity index (χ0v) is 12.0. The number of amides is 1. The number of nitrogen functional groups attached to an aromatic ring is 1. The fourth-order valence-corrected chi connectivity index (χ4v) is 2.16. The maximum Gasteiger partial charge on any atom is 0.248 e. The van der Waals surface area contributed by atoms with E-state index in [1.54, 1.807) is 24.3 Å². The molecule has 2 aromatic carbocycles. The predicted molar refractivity (Wildman–Crippen MR) is 78.6 cm³/mol. The summed E-state index contributed by atoms with van der Waals surface area (Å²) in [7, 11) is 0. The van der Waals surface area contributed by atoms with E-state index in [1.165, 1.54) is 12.1 Å². The normalized spacial score (nSPS) is 10.2. The number of halogens is 2. The fourth-order valence-electron chi connectivity index (χ4n) is 1.45. The van der Waals surface area contributed by atoms with Crippen LogP contribution in [-0.2, 0) is 0 Å². The Kier molecular flexibility index (Phi) is 3.97. The summed E-state index contributed by atoms with van der Waals surface area (Å²) in [5.74, 6) is 0.227. The highest BCUT2D eigenvalue weighted by Gasteiger charge is 2.09. The van der Waals surface area contributed by atoms with Crippen molar-refractivity contribution in [1.29, 1.82) is 0 Å². The monoisotopic (exact) mass is 340 g/mol. The van der Waals surface area contributed by atoms with Crippen LogP contribution in [0.4, 0.5) is 5.69 Å². The summed E-state index contributed by atoms with van der Waals surface area (Å²) >= 11 is 9.35. The summed E-state index contributed by atoms with van der Waals surface area (Å²) in [6, 6.07) is 9.76. The van der Waals surface area contributed by atoms with Gasteiger partial charge in [-0.05, 0) is 36.4 Å². The predicted octanol–water partition coefficient (Wildman–Crippen LogP) is 3.58. The van der Waals surface area contributed by atoms with Crippen molar-refractivity contribution in [1.82, 2.24) is 0 Å². The summed E-state index contributed by atoms with van der Waals surface area (Å²) in [4.78, 5) is 11.1. The van der Waals surface area contributed by atoms with Gasteiger partial charge in [0.1, 0.15) is 5.75 Å². The van der Waals surface area contributed by atoms with Crippen LogP contribution in [0.2, 0.25) is 5.02 Å². The van der Waals surface area contributed by atoms with Crippen molar-refractivity contribution < 1.29 is 9.53 Å². The Bertz CT molecular complexity index is 647. The Labute approximate surface area is 123 Å². The van der Waals surface area contributed by atoms with Crippen LogP contribution in [-0.4, -0.2) is 5.91 Å².